The average Bonchev–Trinajstić information content (AvgIpc) is 3.19. The molecule has 2 amide bonds. The molecule has 160 valence electrons. The highest BCUT2D eigenvalue weighted by atomic mass is 35.5. The minimum Gasteiger partial charge on any atom is -0.326 e. The van der Waals surface area contributed by atoms with E-state index in [0.29, 0.717) is 19.4 Å². The first-order valence-corrected chi connectivity index (χ1v) is 10.3. The highest BCUT2D eigenvalue weighted by Gasteiger charge is 2.24. The van der Waals surface area contributed by atoms with Gasteiger partial charge in [0.25, 0.3) is 0 Å². The second-order valence-electron chi connectivity index (χ2n) is 7.54. The molecule has 1 aromatic heterocycles. The van der Waals surface area contributed by atoms with Crippen LogP contribution in [0.25, 0.3) is 0 Å². The molecule has 0 spiro atoms. The minimum absolute atomic E-state index is 0. The Hall–Kier alpha value is -2.48. The van der Waals surface area contributed by atoms with Crippen LogP contribution < -0.4 is 15.5 Å². The molecule has 2 N–H and O–H groups in total. The van der Waals surface area contributed by atoms with Crippen molar-refractivity contribution in [2.45, 2.75) is 25.3 Å². The first-order chi connectivity index (χ1) is 14.2. The van der Waals surface area contributed by atoms with E-state index in [1.807, 2.05) is 36.5 Å². The number of piperazine rings is 1. The lowest BCUT2D eigenvalue weighted by Gasteiger charge is -2.36. The van der Waals surface area contributed by atoms with Gasteiger partial charge in [0.2, 0.25) is 11.8 Å². The molecule has 2 aromatic rings. The molecular weight excluding hydrogens is 402 g/mol. The van der Waals surface area contributed by atoms with Crippen molar-refractivity contribution in [3.05, 3.63) is 54.4 Å². The van der Waals surface area contributed by atoms with E-state index in [9.17, 15) is 9.59 Å². The number of carbonyl (C=O) groups excluding carboxylic acids is 2. The van der Waals surface area contributed by atoms with E-state index in [4.69, 9.17) is 0 Å². The molecule has 2 saturated heterocycles. The van der Waals surface area contributed by atoms with Gasteiger partial charge >= 0.3 is 0 Å². The maximum Gasteiger partial charge on any atom is 0.227 e. The molecule has 30 heavy (non-hydrogen) atoms. The van der Waals surface area contributed by atoms with Crippen LogP contribution in [0.2, 0.25) is 0 Å². The molecule has 4 rings (SSSR count). The molecule has 2 aliphatic rings. The highest BCUT2D eigenvalue weighted by Crippen LogP contribution is 2.24. The van der Waals surface area contributed by atoms with E-state index in [1.54, 1.807) is 11.1 Å². The van der Waals surface area contributed by atoms with E-state index in [0.717, 1.165) is 44.0 Å². The lowest BCUT2D eigenvalue weighted by molar-refractivity contribution is -0.117. The second kappa shape index (κ2) is 10.5. The number of nitrogens with zero attached hydrogens (tertiary/aromatic N) is 3. The van der Waals surface area contributed by atoms with E-state index in [-0.39, 0.29) is 30.3 Å². The third-order valence-corrected chi connectivity index (χ3v) is 5.59. The first kappa shape index (κ1) is 22.2. The van der Waals surface area contributed by atoms with Gasteiger partial charge in [0.15, 0.2) is 0 Å². The van der Waals surface area contributed by atoms with Crippen molar-refractivity contribution in [1.29, 1.82) is 0 Å². The van der Waals surface area contributed by atoms with Crippen LogP contribution in [0.1, 0.15) is 30.9 Å². The quantitative estimate of drug-likeness (QED) is 0.738. The Balaban J connectivity index is 0.00000256. The van der Waals surface area contributed by atoms with E-state index in [2.05, 4.69) is 26.6 Å². The van der Waals surface area contributed by atoms with Crippen molar-refractivity contribution in [2.24, 2.45) is 0 Å². The summed E-state index contributed by atoms with van der Waals surface area (Å²) in [5.41, 5.74) is 2.83. The fraction of sp³-hybridized carbons (Fsp3) is 0.409. The highest BCUT2D eigenvalue weighted by molar-refractivity contribution is 5.96. The Bertz CT molecular complexity index is 846. The maximum absolute atomic E-state index is 12.5. The van der Waals surface area contributed by atoms with Crippen molar-refractivity contribution in [2.75, 3.05) is 42.9 Å². The summed E-state index contributed by atoms with van der Waals surface area (Å²) < 4.78 is 0. The lowest BCUT2D eigenvalue weighted by Crippen LogP contribution is -2.46. The summed E-state index contributed by atoms with van der Waals surface area (Å²) in [7, 11) is 0. The average molecular weight is 430 g/mol. The number of nitrogens with one attached hydrogen (secondary N) is 2. The fourth-order valence-electron chi connectivity index (χ4n) is 4.03. The normalized spacial score (nSPS) is 19.4. The monoisotopic (exact) mass is 429 g/mol. The van der Waals surface area contributed by atoms with Gasteiger partial charge in [0, 0.05) is 75.4 Å². The molecule has 0 saturated carbocycles. The van der Waals surface area contributed by atoms with Gasteiger partial charge in [-0.3, -0.25) is 19.5 Å². The summed E-state index contributed by atoms with van der Waals surface area (Å²) in [6.45, 7) is 4.17. The number of anilines is 2. The van der Waals surface area contributed by atoms with Crippen LogP contribution in [-0.2, 0) is 9.59 Å². The third-order valence-electron chi connectivity index (χ3n) is 5.59. The van der Waals surface area contributed by atoms with Crippen LogP contribution in [0.5, 0.6) is 0 Å². The first-order valence-electron chi connectivity index (χ1n) is 10.3. The summed E-state index contributed by atoms with van der Waals surface area (Å²) in [4.78, 5) is 32.7. The zero-order chi connectivity index (χ0) is 20.1. The Labute approximate surface area is 183 Å². The summed E-state index contributed by atoms with van der Waals surface area (Å²) in [5.74, 6) is 0.166. The van der Waals surface area contributed by atoms with Gasteiger partial charge in [-0.1, -0.05) is 6.07 Å². The predicted octanol–water partition coefficient (Wildman–Crippen LogP) is 2.61. The molecule has 8 heteroatoms. The second-order valence-corrected chi connectivity index (χ2v) is 7.54. The molecule has 0 aliphatic carbocycles. The van der Waals surface area contributed by atoms with Crippen molar-refractivity contribution >= 4 is 35.6 Å². The van der Waals surface area contributed by atoms with Gasteiger partial charge < -0.3 is 15.5 Å². The number of aromatic nitrogens is 1. The molecule has 2 aliphatic heterocycles. The van der Waals surface area contributed by atoms with Crippen LogP contribution in [-0.4, -0.2) is 54.4 Å². The summed E-state index contributed by atoms with van der Waals surface area (Å²) in [6.07, 6.45) is 5.64. The number of amides is 2. The van der Waals surface area contributed by atoms with Gasteiger partial charge in [-0.15, -0.1) is 12.4 Å². The van der Waals surface area contributed by atoms with Crippen LogP contribution >= 0.6 is 12.4 Å². The van der Waals surface area contributed by atoms with Crippen molar-refractivity contribution in [1.82, 2.24) is 15.2 Å². The van der Waals surface area contributed by atoms with Crippen LogP contribution in [0, 0.1) is 0 Å². The summed E-state index contributed by atoms with van der Waals surface area (Å²) in [6, 6.07) is 11.8. The largest absolute Gasteiger partial charge is 0.326 e. The molecule has 1 unspecified atom stereocenters. The Morgan fingerprint density at radius 2 is 2.03 bits per heavy atom. The Kier molecular flexibility index (Phi) is 7.79. The van der Waals surface area contributed by atoms with Gasteiger partial charge in [0.1, 0.15) is 0 Å². The zero-order valence-electron chi connectivity index (χ0n) is 16.9. The number of pyridine rings is 1. The minimum atomic E-state index is -0.00142. The molecular formula is C22H28ClN5O2. The van der Waals surface area contributed by atoms with Gasteiger partial charge in [-0.2, -0.15) is 0 Å². The van der Waals surface area contributed by atoms with Crippen LogP contribution in [0.15, 0.2) is 48.8 Å². The SMILES string of the molecule is Cl.O=C(CCN1CCNCC1c1cccnc1)Nc1ccc(N2CCCC2=O)cc1. The third kappa shape index (κ3) is 5.36. The van der Waals surface area contributed by atoms with Crippen molar-refractivity contribution in [3.8, 4) is 0 Å². The molecule has 0 radical (unpaired) electrons. The molecule has 2 fully saturated rings. The van der Waals surface area contributed by atoms with E-state index >= 15 is 0 Å². The summed E-state index contributed by atoms with van der Waals surface area (Å²) >= 11 is 0. The standard InChI is InChI=1S/C22H27N5O2.ClH/c28-21(25-18-5-7-19(8-6-18)27-12-2-4-22(27)29)9-13-26-14-11-24-16-20(26)17-3-1-10-23-15-17;/h1,3,5-8,10,15,20,24H,2,4,9,11-14,16H2,(H,25,28);1H. The van der Waals surface area contributed by atoms with Crippen LogP contribution in [0.3, 0.4) is 0 Å². The van der Waals surface area contributed by atoms with Crippen molar-refractivity contribution in [3.63, 3.8) is 0 Å². The van der Waals surface area contributed by atoms with Gasteiger partial charge in [-0.25, -0.2) is 0 Å². The zero-order valence-corrected chi connectivity index (χ0v) is 17.7. The molecule has 3 heterocycles. The number of rotatable bonds is 6. The molecule has 1 atom stereocenters. The smallest absolute Gasteiger partial charge is 0.227 e. The molecule has 0 bridgehead atoms. The number of halogens is 1. The Morgan fingerprint density at radius 3 is 2.73 bits per heavy atom. The van der Waals surface area contributed by atoms with Gasteiger partial charge in [-0.05, 0) is 42.3 Å². The molecule has 1 aromatic carbocycles. The van der Waals surface area contributed by atoms with Crippen LogP contribution in [0.4, 0.5) is 11.4 Å². The topological polar surface area (TPSA) is 77.6 Å². The summed E-state index contributed by atoms with van der Waals surface area (Å²) in [5, 5.41) is 6.39. The Morgan fingerprint density at radius 1 is 1.20 bits per heavy atom. The lowest BCUT2D eigenvalue weighted by atomic mass is 10.1. The number of benzene rings is 1. The number of hydrogen-bond acceptors (Lipinski definition) is 5. The fourth-order valence-corrected chi connectivity index (χ4v) is 4.03. The maximum atomic E-state index is 12.5. The number of hydrogen-bond donors (Lipinski definition) is 2. The van der Waals surface area contributed by atoms with E-state index < -0.39 is 0 Å². The van der Waals surface area contributed by atoms with E-state index in [1.165, 1.54) is 5.56 Å². The van der Waals surface area contributed by atoms with Crippen molar-refractivity contribution < 1.29 is 9.59 Å². The molecule has 7 nitrogen and oxygen atoms in total. The predicted molar refractivity (Wildman–Crippen MR) is 120 cm³/mol. The van der Waals surface area contributed by atoms with Gasteiger partial charge in [0.05, 0.1) is 0 Å². The number of carbonyl (C=O) groups is 2.